The zero-order valence-electron chi connectivity index (χ0n) is 17.9. The smallest absolute Gasteiger partial charge is 0.278 e. The number of nitriles is 1. The largest absolute Gasteiger partial charge is 0.467 e. The van der Waals surface area contributed by atoms with Gasteiger partial charge in [-0.05, 0) is 61.0 Å². The van der Waals surface area contributed by atoms with Crippen LogP contribution in [0, 0.1) is 18.3 Å². The minimum absolute atomic E-state index is 0.0628. The van der Waals surface area contributed by atoms with Crippen LogP contribution in [-0.2, 0) is 6.54 Å². The van der Waals surface area contributed by atoms with Gasteiger partial charge in [-0.15, -0.1) is 0 Å². The molecule has 0 atom stereocenters. The molecule has 166 valence electrons. The fourth-order valence-electron chi connectivity index (χ4n) is 3.75. The van der Waals surface area contributed by atoms with Crippen molar-refractivity contribution in [3.05, 3.63) is 110 Å². The Labute approximate surface area is 197 Å². The summed E-state index contributed by atoms with van der Waals surface area (Å²) in [6.07, 6.45) is 3.14. The van der Waals surface area contributed by atoms with Gasteiger partial charge in [0.1, 0.15) is 23.1 Å². The topological polar surface area (TPSA) is 106 Å². The van der Waals surface area contributed by atoms with E-state index in [1.807, 2.05) is 13.0 Å². The number of pyridine rings is 2. The molecule has 0 radical (unpaired) electrons. The zero-order chi connectivity index (χ0) is 23.8. The average molecular weight is 470 g/mol. The molecule has 5 rings (SSSR count). The lowest BCUT2D eigenvalue weighted by atomic mass is 10.2. The highest BCUT2D eigenvalue weighted by Gasteiger charge is 2.17. The van der Waals surface area contributed by atoms with Crippen LogP contribution in [0.5, 0.6) is 0 Å². The van der Waals surface area contributed by atoms with Crippen molar-refractivity contribution in [3.63, 3.8) is 0 Å². The molecule has 1 amide bonds. The first kappa shape index (κ1) is 21.4. The Morgan fingerprint density at radius 1 is 1.18 bits per heavy atom. The lowest BCUT2D eigenvalue weighted by Gasteiger charge is -2.13. The lowest BCUT2D eigenvalue weighted by Crippen LogP contribution is -2.30. The van der Waals surface area contributed by atoms with Crippen LogP contribution in [-0.4, -0.2) is 19.9 Å². The van der Waals surface area contributed by atoms with E-state index >= 15 is 0 Å². The van der Waals surface area contributed by atoms with E-state index in [1.165, 1.54) is 16.7 Å². The van der Waals surface area contributed by atoms with Gasteiger partial charge in [-0.3, -0.25) is 14.0 Å². The maximum atomic E-state index is 13.3. The van der Waals surface area contributed by atoms with Crippen molar-refractivity contribution in [1.29, 1.82) is 5.26 Å². The molecule has 0 unspecified atom stereocenters. The number of amides is 1. The summed E-state index contributed by atoms with van der Waals surface area (Å²) in [5, 5.41) is 10.6. The van der Waals surface area contributed by atoms with Crippen LogP contribution in [0.25, 0.3) is 16.7 Å². The van der Waals surface area contributed by atoms with E-state index in [9.17, 15) is 14.9 Å². The van der Waals surface area contributed by atoms with Crippen LogP contribution in [0.1, 0.15) is 27.2 Å². The summed E-state index contributed by atoms with van der Waals surface area (Å²) < 4.78 is 8.50. The van der Waals surface area contributed by atoms with Gasteiger partial charge in [-0.2, -0.15) is 10.3 Å². The molecule has 0 saturated heterocycles. The van der Waals surface area contributed by atoms with Gasteiger partial charge in [0.25, 0.3) is 11.5 Å². The van der Waals surface area contributed by atoms with Gasteiger partial charge in [0, 0.05) is 16.8 Å². The molecule has 0 spiro atoms. The van der Waals surface area contributed by atoms with Gasteiger partial charge in [-0.25, -0.2) is 4.98 Å². The number of furan rings is 1. The minimum atomic E-state index is -0.561. The number of aryl methyl sites for hydroxylation is 1. The Morgan fingerprint density at radius 2 is 1.97 bits per heavy atom. The first-order valence-electron chi connectivity index (χ1n) is 10.3. The molecule has 5 aromatic rings. The highest BCUT2D eigenvalue weighted by Crippen LogP contribution is 2.15. The highest BCUT2D eigenvalue weighted by molar-refractivity contribution is 6.30. The van der Waals surface area contributed by atoms with Crippen LogP contribution in [0.4, 0.5) is 0 Å². The molecule has 4 heterocycles. The maximum Gasteiger partial charge on any atom is 0.278 e. The van der Waals surface area contributed by atoms with E-state index in [0.29, 0.717) is 22.0 Å². The number of nitrogens with zero attached hydrogens (tertiary/aromatic N) is 5. The highest BCUT2D eigenvalue weighted by atomic mass is 35.5. The van der Waals surface area contributed by atoms with Crippen molar-refractivity contribution in [3.8, 4) is 6.07 Å². The first-order chi connectivity index (χ1) is 16.5. The molecule has 9 heteroatoms. The van der Waals surface area contributed by atoms with Gasteiger partial charge in [-0.1, -0.05) is 17.7 Å². The fourth-order valence-corrected chi connectivity index (χ4v) is 3.88. The van der Waals surface area contributed by atoms with E-state index in [1.54, 1.807) is 53.2 Å². The first-order valence-corrected chi connectivity index (χ1v) is 10.7. The van der Waals surface area contributed by atoms with Gasteiger partial charge < -0.3 is 8.98 Å². The van der Waals surface area contributed by atoms with E-state index < -0.39 is 5.91 Å². The number of halogens is 1. The summed E-state index contributed by atoms with van der Waals surface area (Å²) in [7, 11) is 0. The Kier molecular flexibility index (Phi) is 5.32. The summed E-state index contributed by atoms with van der Waals surface area (Å²) in [6.45, 7) is 1.96. The van der Waals surface area contributed by atoms with Crippen LogP contribution >= 0.6 is 11.6 Å². The quantitative estimate of drug-likeness (QED) is 0.373. The maximum absolute atomic E-state index is 13.3. The molecule has 0 aliphatic carbocycles. The second-order valence-corrected chi connectivity index (χ2v) is 8.06. The number of fused-ring (bicyclic) bond motifs is 2. The fraction of sp³-hybridized carbons (Fsp3) is 0.0800. The summed E-state index contributed by atoms with van der Waals surface area (Å²) in [6, 6.07) is 16.9. The van der Waals surface area contributed by atoms with Gasteiger partial charge in [0.2, 0.25) is 0 Å². The van der Waals surface area contributed by atoms with Crippen LogP contribution < -0.4 is 11.0 Å². The van der Waals surface area contributed by atoms with E-state index in [0.717, 1.165) is 5.56 Å². The molecule has 0 saturated carbocycles. The standard InChI is InChI=1S/C25H16ClN5O3/c1-15-4-2-10-30-21(15)28-23-20(25(30)33)12-17(13-27)22(31(23)14-19-5-3-11-34-19)29-24(32)16-6-8-18(26)9-7-16/h2-12H,14H2,1H3. The van der Waals surface area contributed by atoms with Crippen molar-refractivity contribution < 1.29 is 9.21 Å². The summed E-state index contributed by atoms with van der Waals surface area (Å²) in [5.41, 5.74) is 1.67. The molecule has 0 bridgehead atoms. The molecule has 0 N–H and O–H groups in total. The lowest BCUT2D eigenvalue weighted by molar-refractivity contribution is 0.0997. The number of carbonyl (C=O) groups is 1. The van der Waals surface area contributed by atoms with Gasteiger partial charge in [0.05, 0.1) is 23.8 Å². The molecule has 0 aliphatic rings. The minimum Gasteiger partial charge on any atom is -0.467 e. The van der Waals surface area contributed by atoms with Crippen LogP contribution in [0.15, 0.2) is 81.3 Å². The molecule has 4 aromatic heterocycles. The molecule has 8 nitrogen and oxygen atoms in total. The van der Waals surface area contributed by atoms with E-state index in [-0.39, 0.29) is 34.2 Å². The number of aromatic nitrogens is 3. The molecule has 1 aromatic carbocycles. The molecular weight excluding hydrogens is 454 g/mol. The van der Waals surface area contributed by atoms with E-state index in [2.05, 4.69) is 11.1 Å². The van der Waals surface area contributed by atoms with Crippen molar-refractivity contribution in [2.75, 3.05) is 0 Å². The van der Waals surface area contributed by atoms with Gasteiger partial charge >= 0.3 is 0 Å². The normalized spacial score (nSPS) is 11.7. The van der Waals surface area contributed by atoms with Crippen LogP contribution in [0.2, 0.25) is 5.02 Å². The monoisotopic (exact) mass is 469 g/mol. The Balaban J connectivity index is 1.88. The third-order valence-corrected chi connectivity index (χ3v) is 5.67. The molecule has 0 aliphatic heterocycles. The predicted molar refractivity (Wildman–Crippen MR) is 126 cm³/mol. The third kappa shape index (κ3) is 3.68. The van der Waals surface area contributed by atoms with Crippen molar-refractivity contribution in [1.82, 2.24) is 14.0 Å². The third-order valence-electron chi connectivity index (χ3n) is 5.42. The second kappa shape index (κ2) is 8.46. The SMILES string of the molecule is Cc1cccn2c(=O)c3cc(C#N)c(=NC(=O)c4ccc(Cl)cc4)n(Cc4ccco4)c3nc12. The summed E-state index contributed by atoms with van der Waals surface area (Å²) >= 11 is 5.93. The Morgan fingerprint density at radius 3 is 2.68 bits per heavy atom. The number of hydrogen-bond acceptors (Lipinski definition) is 5. The number of hydrogen-bond donors (Lipinski definition) is 0. The van der Waals surface area contributed by atoms with Gasteiger partial charge in [0.15, 0.2) is 5.49 Å². The second-order valence-electron chi connectivity index (χ2n) is 7.62. The average Bonchev–Trinajstić information content (AvgIpc) is 3.35. The summed E-state index contributed by atoms with van der Waals surface area (Å²) in [5.74, 6) is -0.0158. The van der Waals surface area contributed by atoms with Crippen LogP contribution in [0.3, 0.4) is 0 Å². The number of benzene rings is 1. The van der Waals surface area contributed by atoms with Crippen molar-refractivity contribution in [2.24, 2.45) is 4.99 Å². The number of rotatable bonds is 3. The zero-order valence-corrected chi connectivity index (χ0v) is 18.7. The van der Waals surface area contributed by atoms with Crippen molar-refractivity contribution in [2.45, 2.75) is 13.5 Å². The summed E-state index contributed by atoms with van der Waals surface area (Å²) in [4.78, 5) is 35.3. The molecular formula is C25H16ClN5O3. The predicted octanol–water partition coefficient (Wildman–Crippen LogP) is 3.87. The Bertz CT molecular complexity index is 1740. The number of carbonyl (C=O) groups excluding carboxylic acids is 1. The van der Waals surface area contributed by atoms with Crippen molar-refractivity contribution >= 4 is 34.2 Å². The van der Waals surface area contributed by atoms with E-state index in [4.69, 9.17) is 21.0 Å². The molecule has 0 fully saturated rings. The molecule has 34 heavy (non-hydrogen) atoms. The Hall–Kier alpha value is -4.48.